The van der Waals surface area contributed by atoms with Crippen LogP contribution in [0.3, 0.4) is 0 Å². The highest BCUT2D eigenvalue weighted by atomic mass is 35.5. The minimum atomic E-state index is 0. The molecule has 1 aromatic heterocycles. The number of imidazole rings is 1. The van der Waals surface area contributed by atoms with E-state index in [1.54, 1.807) is 0 Å². The molecule has 1 N–H and O–H groups in total. The smallest absolute Gasteiger partial charge is 0.138 e. The molecule has 0 amide bonds. The summed E-state index contributed by atoms with van der Waals surface area (Å²) in [5.41, 5.74) is 4.22. The molecular weight excluding hydrogens is 268 g/mol. The highest BCUT2D eigenvalue weighted by molar-refractivity contribution is 6.30. The zero-order valence-corrected chi connectivity index (χ0v) is 11.3. The highest BCUT2D eigenvalue weighted by Gasteiger charge is 2.09. The molecule has 2 aromatic carbocycles. The van der Waals surface area contributed by atoms with Crippen LogP contribution in [0, 0.1) is 6.92 Å². The number of hydrogen-bond donors (Lipinski definition) is 1. The quantitative estimate of drug-likeness (QED) is 0.676. The normalized spacial score (nSPS) is 10.1. The summed E-state index contributed by atoms with van der Waals surface area (Å²) in [6.45, 7) is 2.04. The minimum absolute atomic E-state index is 0. The fraction of sp³-hybridized carbons (Fsp3) is 0.118. The van der Waals surface area contributed by atoms with Gasteiger partial charge in [-0.2, -0.15) is 0 Å². The molecule has 102 valence electrons. The number of nitrogens with one attached hydrogen (secondary N) is 1. The molecule has 0 bridgehead atoms. The Balaban J connectivity index is 0.00000147. The maximum atomic E-state index is 5.90. The number of aryl methyl sites for hydroxylation is 1. The van der Waals surface area contributed by atoms with E-state index in [1.807, 2.05) is 49.4 Å². The number of aromatic nitrogens is 2. The van der Waals surface area contributed by atoms with Crippen LogP contribution in [0.5, 0.6) is 0 Å². The Hall–Kier alpha value is -2.06. The van der Waals surface area contributed by atoms with Crippen LogP contribution in [-0.2, 0) is 0 Å². The Morgan fingerprint density at radius 3 is 2.20 bits per heavy atom. The van der Waals surface area contributed by atoms with Gasteiger partial charge in [-0.1, -0.05) is 49.4 Å². The molecule has 20 heavy (non-hydrogen) atoms. The fourth-order valence-electron chi connectivity index (χ4n) is 2.08. The molecule has 0 atom stereocenters. The zero-order valence-electron chi connectivity index (χ0n) is 10.5. The molecule has 3 heteroatoms. The van der Waals surface area contributed by atoms with Crippen molar-refractivity contribution in [2.45, 2.75) is 14.4 Å². The summed E-state index contributed by atoms with van der Waals surface area (Å²) in [6.07, 6.45) is 0. The van der Waals surface area contributed by atoms with Gasteiger partial charge in [0.25, 0.3) is 0 Å². The Bertz CT molecular complexity index is 685. The van der Waals surface area contributed by atoms with Gasteiger partial charge in [0.15, 0.2) is 0 Å². The predicted octanol–water partition coefficient (Wildman–Crippen LogP) is 5.34. The number of hydrogen-bond acceptors (Lipinski definition) is 1. The van der Waals surface area contributed by atoms with Crippen LogP contribution in [0.25, 0.3) is 22.6 Å². The van der Waals surface area contributed by atoms with E-state index in [4.69, 9.17) is 11.6 Å². The molecular formula is C17H17ClN2. The Labute approximate surface area is 124 Å². The first-order valence-electron chi connectivity index (χ1n) is 6.12. The molecule has 0 aliphatic rings. The van der Waals surface area contributed by atoms with E-state index in [-0.39, 0.29) is 7.43 Å². The van der Waals surface area contributed by atoms with Crippen LogP contribution in [-0.4, -0.2) is 9.97 Å². The largest absolute Gasteiger partial charge is 0.342 e. The van der Waals surface area contributed by atoms with Crippen molar-refractivity contribution in [2.24, 2.45) is 0 Å². The van der Waals surface area contributed by atoms with Crippen molar-refractivity contribution < 1.29 is 0 Å². The van der Waals surface area contributed by atoms with Crippen LogP contribution in [0.4, 0.5) is 0 Å². The van der Waals surface area contributed by atoms with Crippen molar-refractivity contribution in [3.63, 3.8) is 0 Å². The number of halogens is 1. The van der Waals surface area contributed by atoms with E-state index >= 15 is 0 Å². The number of nitrogens with zero attached hydrogens (tertiary/aromatic N) is 1. The fourth-order valence-corrected chi connectivity index (χ4v) is 2.21. The summed E-state index contributed by atoms with van der Waals surface area (Å²) < 4.78 is 0. The second kappa shape index (κ2) is 5.93. The molecule has 0 aliphatic heterocycles. The summed E-state index contributed by atoms with van der Waals surface area (Å²) in [7, 11) is 0. The minimum Gasteiger partial charge on any atom is -0.342 e. The molecule has 0 fully saturated rings. The number of benzene rings is 2. The maximum absolute atomic E-state index is 5.90. The molecule has 0 radical (unpaired) electrons. The van der Waals surface area contributed by atoms with E-state index < -0.39 is 0 Å². The molecule has 0 spiro atoms. The number of H-pyrrole nitrogens is 1. The van der Waals surface area contributed by atoms with Crippen LogP contribution in [0.2, 0.25) is 5.02 Å². The van der Waals surface area contributed by atoms with E-state index in [0.29, 0.717) is 0 Å². The lowest BCUT2D eigenvalue weighted by Gasteiger charge is -1.97. The molecule has 0 saturated carbocycles. The van der Waals surface area contributed by atoms with E-state index in [1.165, 1.54) is 0 Å². The highest BCUT2D eigenvalue weighted by Crippen LogP contribution is 2.26. The Morgan fingerprint density at radius 2 is 1.55 bits per heavy atom. The average molecular weight is 285 g/mol. The molecule has 2 nitrogen and oxygen atoms in total. The van der Waals surface area contributed by atoms with Gasteiger partial charge >= 0.3 is 0 Å². The van der Waals surface area contributed by atoms with Crippen molar-refractivity contribution in [3.05, 3.63) is 65.3 Å². The van der Waals surface area contributed by atoms with Crippen LogP contribution in [0.1, 0.15) is 13.1 Å². The van der Waals surface area contributed by atoms with Gasteiger partial charge in [0.1, 0.15) is 5.82 Å². The molecule has 0 aliphatic carbocycles. The maximum Gasteiger partial charge on any atom is 0.138 e. The summed E-state index contributed by atoms with van der Waals surface area (Å²) in [5, 5.41) is 0.732. The number of rotatable bonds is 2. The third kappa shape index (κ3) is 2.75. The first-order valence-corrected chi connectivity index (χ1v) is 6.50. The van der Waals surface area contributed by atoms with E-state index in [9.17, 15) is 0 Å². The van der Waals surface area contributed by atoms with Crippen LogP contribution >= 0.6 is 11.6 Å². The lowest BCUT2D eigenvalue weighted by molar-refractivity contribution is 1.26. The van der Waals surface area contributed by atoms with E-state index in [0.717, 1.165) is 33.4 Å². The lowest BCUT2D eigenvalue weighted by atomic mass is 10.1. The standard InChI is InChI=1S/C16H13ClN2.CH4/c1-11-15(12-5-3-2-4-6-12)19-16(18-11)13-7-9-14(17)10-8-13;/h2-10H,1H3,(H,18,19);1H4. The summed E-state index contributed by atoms with van der Waals surface area (Å²) in [5.74, 6) is 0.869. The van der Waals surface area contributed by atoms with Gasteiger partial charge in [0.05, 0.1) is 5.69 Å². The average Bonchev–Trinajstić information content (AvgIpc) is 2.83. The zero-order chi connectivity index (χ0) is 13.2. The SMILES string of the molecule is C.Cc1[nH]c(-c2ccc(Cl)cc2)nc1-c1ccccc1. The second-order valence-electron chi connectivity index (χ2n) is 4.43. The summed E-state index contributed by atoms with van der Waals surface area (Å²) in [4.78, 5) is 8.01. The second-order valence-corrected chi connectivity index (χ2v) is 4.87. The Kier molecular flexibility index (Phi) is 4.26. The van der Waals surface area contributed by atoms with Crippen LogP contribution in [0.15, 0.2) is 54.6 Å². The summed E-state index contributed by atoms with van der Waals surface area (Å²) in [6, 6.07) is 17.9. The third-order valence-electron chi connectivity index (χ3n) is 3.05. The van der Waals surface area contributed by atoms with Gasteiger partial charge in [0, 0.05) is 21.8 Å². The molecule has 3 aromatic rings. The molecule has 3 rings (SSSR count). The van der Waals surface area contributed by atoms with Gasteiger partial charge in [-0.25, -0.2) is 4.98 Å². The number of aromatic amines is 1. The van der Waals surface area contributed by atoms with Gasteiger partial charge in [-0.15, -0.1) is 0 Å². The molecule has 0 unspecified atom stereocenters. The molecule has 1 heterocycles. The van der Waals surface area contributed by atoms with Gasteiger partial charge in [-0.3, -0.25) is 0 Å². The first kappa shape index (κ1) is 14.4. The van der Waals surface area contributed by atoms with Gasteiger partial charge < -0.3 is 4.98 Å². The van der Waals surface area contributed by atoms with Gasteiger partial charge in [0.2, 0.25) is 0 Å². The van der Waals surface area contributed by atoms with Crippen LogP contribution < -0.4 is 0 Å². The molecule has 0 saturated heterocycles. The van der Waals surface area contributed by atoms with Crippen molar-refractivity contribution in [1.29, 1.82) is 0 Å². The van der Waals surface area contributed by atoms with E-state index in [2.05, 4.69) is 22.1 Å². The monoisotopic (exact) mass is 284 g/mol. The van der Waals surface area contributed by atoms with Crippen molar-refractivity contribution in [2.75, 3.05) is 0 Å². The van der Waals surface area contributed by atoms with Gasteiger partial charge in [-0.05, 0) is 31.2 Å². The topological polar surface area (TPSA) is 28.7 Å². The van der Waals surface area contributed by atoms with Crippen molar-refractivity contribution in [1.82, 2.24) is 9.97 Å². The Morgan fingerprint density at radius 1 is 0.900 bits per heavy atom. The van der Waals surface area contributed by atoms with Crippen molar-refractivity contribution in [3.8, 4) is 22.6 Å². The summed E-state index contributed by atoms with van der Waals surface area (Å²) >= 11 is 5.90. The first-order chi connectivity index (χ1) is 9.24. The predicted molar refractivity (Wildman–Crippen MR) is 85.9 cm³/mol. The van der Waals surface area contributed by atoms with Crippen molar-refractivity contribution >= 4 is 11.6 Å². The third-order valence-corrected chi connectivity index (χ3v) is 3.30. The lowest BCUT2D eigenvalue weighted by Crippen LogP contribution is -1.80.